The van der Waals surface area contributed by atoms with Gasteiger partial charge >= 0.3 is 0 Å². The number of nitro benzene ring substituents is 1. The van der Waals surface area contributed by atoms with Crippen LogP contribution in [0, 0.1) is 10.1 Å². The van der Waals surface area contributed by atoms with E-state index in [1.807, 2.05) is 30.3 Å². The largest absolute Gasteiger partial charge is 0.354 e. The van der Waals surface area contributed by atoms with Crippen LogP contribution in [0.1, 0.15) is 23.6 Å². The molecule has 0 saturated carbocycles. The van der Waals surface area contributed by atoms with Crippen molar-refractivity contribution in [1.29, 1.82) is 0 Å². The molecule has 3 rings (SSSR count). The van der Waals surface area contributed by atoms with Crippen molar-refractivity contribution in [3.8, 4) is 0 Å². The molecule has 27 heavy (non-hydrogen) atoms. The standard InChI is InChI=1S/C20H19N3O4/c24-19-14-18(16-6-2-1-3-7-16)22(12-11-21-19)20(25)10-9-15-5-4-8-17(13-15)23(26)27/h1-10,13,18H,11-12,14H2,(H,21,24)/b10-9+/t18-/m0/s1. The van der Waals surface area contributed by atoms with Crippen LogP contribution < -0.4 is 5.32 Å². The highest BCUT2D eigenvalue weighted by molar-refractivity contribution is 5.93. The van der Waals surface area contributed by atoms with Gasteiger partial charge in [-0.2, -0.15) is 0 Å². The number of hydrogen-bond donors (Lipinski definition) is 1. The van der Waals surface area contributed by atoms with E-state index in [9.17, 15) is 19.7 Å². The van der Waals surface area contributed by atoms with Crippen molar-refractivity contribution in [3.05, 3.63) is 81.9 Å². The van der Waals surface area contributed by atoms with Gasteiger partial charge in [0.1, 0.15) is 0 Å². The van der Waals surface area contributed by atoms with Crippen LogP contribution in [0.15, 0.2) is 60.7 Å². The van der Waals surface area contributed by atoms with Crippen molar-refractivity contribution < 1.29 is 14.5 Å². The molecular formula is C20H19N3O4. The number of hydrogen-bond acceptors (Lipinski definition) is 4. The highest BCUT2D eigenvalue weighted by Crippen LogP contribution is 2.26. The molecule has 0 bridgehead atoms. The SMILES string of the molecule is O=C1C[C@@H](c2ccccc2)N(C(=O)/C=C/c2cccc([N+](=O)[O-])c2)CCN1. The molecule has 2 aromatic carbocycles. The van der Waals surface area contributed by atoms with Gasteiger partial charge in [-0.1, -0.05) is 42.5 Å². The second-order valence-electron chi connectivity index (χ2n) is 6.20. The molecule has 1 saturated heterocycles. The Labute approximate surface area is 156 Å². The fraction of sp³-hybridized carbons (Fsp3) is 0.200. The van der Waals surface area contributed by atoms with Crippen molar-refractivity contribution in [2.75, 3.05) is 13.1 Å². The second kappa shape index (κ2) is 8.27. The first kappa shape index (κ1) is 18.3. The Morgan fingerprint density at radius 1 is 1.19 bits per heavy atom. The number of carbonyl (C=O) groups excluding carboxylic acids is 2. The summed E-state index contributed by atoms with van der Waals surface area (Å²) < 4.78 is 0. The molecule has 0 aliphatic carbocycles. The van der Waals surface area contributed by atoms with E-state index < -0.39 is 4.92 Å². The Balaban J connectivity index is 1.83. The van der Waals surface area contributed by atoms with E-state index in [-0.39, 0.29) is 30.0 Å². The summed E-state index contributed by atoms with van der Waals surface area (Å²) in [5, 5.41) is 13.7. The van der Waals surface area contributed by atoms with Gasteiger partial charge in [-0.3, -0.25) is 19.7 Å². The molecular weight excluding hydrogens is 346 g/mol. The zero-order valence-corrected chi connectivity index (χ0v) is 14.6. The number of nitrogens with one attached hydrogen (secondary N) is 1. The summed E-state index contributed by atoms with van der Waals surface area (Å²) in [7, 11) is 0. The Bertz CT molecular complexity index is 880. The van der Waals surface area contributed by atoms with Crippen molar-refractivity contribution >= 4 is 23.6 Å². The molecule has 7 heteroatoms. The number of nitrogens with zero attached hydrogens (tertiary/aromatic N) is 2. The van der Waals surface area contributed by atoms with E-state index in [4.69, 9.17) is 0 Å². The Morgan fingerprint density at radius 3 is 2.70 bits per heavy atom. The minimum absolute atomic E-state index is 0.0312. The lowest BCUT2D eigenvalue weighted by Gasteiger charge is -2.28. The molecule has 2 aromatic rings. The van der Waals surface area contributed by atoms with Crippen LogP contribution in [0.4, 0.5) is 5.69 Å². The van der Waals surface area contributed by atoms with E-state index in [0.29, 0.717) is 18.7 Å². The third-order valence-electron chi connectivity index (χ3n) is 4.40. The van der Waals surface area contributed by atoms with Gasteiger partial charge in [-0.25, -0.2) is 0 Å². The van der Waals surface area contributed by atoms with E-state index >= 15 is 0 Å². The van der Waals surface area contributed by atoms with Crippen molar-refractivity contribution in [2.24, 2.45) is 0 Å². The lowest BCUT2D eigenvalue weighted by molar-refractivity contribution is -0.384. The molecule has 0 aromatic heterocycles. The highest BCUT2D eigenvalue weighted by Gasteiger charge is 2.28. The summed E-state index contributed by atoms with van der Waals surface area (Å²) >= 11 is 0. The average Bonchev–Trinajstić information content (AvgIpc) is 2.88. The Morgan fingerprint density at radius 2 is 1.96 bits per heavy atom. The number of amides is 2. The van der Waals surface area contributed by atoms with Crippen molar-refractivity contribution in [2.45, 2.75) is 12.5 Å². The first-order valence-electron chi connectivity index (χ1n) is 8.59. The zero-order valence-electron chi connectivity index (χ0n) is 14.6. The summed E-state index contributed by atoms with van der Waals surface area (Å²) in [5.41, 5.74) is 1.43. The minimum Gasteiger partial charge on any atom is -0.354 e. The van der Waals surface area contributed by atoms with Crippen LogP contribution in [-0.2, 0) is 9.59 Å². The predicted molar refractivity (Wildman–Crippen MR) is 101 cm³/mol. The first-order chi connectivity index (χ1) is 13.0. The maximum absolute atomic E-state index is 12.8. The van der Waals surface area contributed by atoms with Gasteiger partial charge in [0.25, 0.3) is 5.69 Å². The summed E-state index contributed by atoms with van der Waals surface area (Å²) in [6.07, 6.45) is 3.14. The van der Waals surface area contributed by atoms with Crippen LogP contribution >= 0.6 is 0 Å². The molecule has 1 fully saturated rings. The third kappa shape index (κ3) is 4.58. The normalized spacial score (nSPS) is 17.4. The fourth-order valence-electron chi connectivity index (χ4n) is 3.07. The average molecular weight is 365 g/mol. The van der Waals surface area contributed by atoms with Crippen LogP contribution in [-0.4, -0.2) is 34.7 Å². The molecule has 1 heterocycles. The molecule has 138 valence electrons. The number of benzene rings is 2. The molecule has 1 N–H and O–H groups in total. The van der Waals surface area contributed by atoms with Crippen LogP contribution in [0.3, 0.4) is 0 Å². The molecule has 1 aliphatic rings. The predicted octanol–water partition coefficient (Wildman–Crippen LogP) is 2.70. The summed E-state index contributed by atoms with van der Waals surface area (Å²) in [4.78, 5) is 36.8. The van der Waals surface area contributed by atoms with E-state index in [1.165, 1.54) is 18.2 Å². The zero-order chi connectivity index (χ0) is 19.2. The summed E-state index contributed by atoms with van der Waals surface area (Å²) in [6.45, 7) is 0.780. The molecule has 0 unspecified atom stereocenters. The van der Waals surface area contributed by atoms with Crippen LogP contribution in [0.5, 0.6) is 0 Å². The van der Waals surface area contributed by atoms with E-state index in [2.05, 4.69) is 5.32 Å². The van der Waals surface area contributed by atoms with Gasteiger partial charge in [0.15, 0.2) is 0 Å². The van der Waals surface area contributed by atoms with Crippen molar-refractivity contribution in [1.82, 2.24) is 10.2 Å². The summed E-state index contributed by atoms with van der Waals surface area (Å²) in [5.74, 6) is -0.339. The number of non-ortho nitro benzene ring substituents is 1. The molecule has 0 spiro atoms. The van der Waals surface area contributed by atoms with Gasteiger partial charge in [-0.05, 0) is 17.2 Å². The highest BCUT2D eigenvalue weighted by atomic mass is 16.6. The maximum atomic E-state index is 12.8. The molecule has 1 aliphatic heterocycles. The number of rotatable bonds is 4. The minimum atomic E-state index is -0.476. The first-order valence-corrected chi connectivity index (χ1v) is 8.59. The lowest BCUT2D eigenvalue weighted by Crippen LogP contribution is -2.35. The van der Waals surface area contributed by atoms with Crippen LogP contribution in [0.2, 0.25) is 0 Å². The Kier molecular flexibility index (Phi) is 5.61. The molecule has 7 nitrogen and oxygen atoms in total. The molecule has 0 radical (unpaired) electrons. The molecule has 1 atom stereocenters. The number of carbonyl (C=O) groups is 2. The molecule has 2 amide bonds. The monoisotopic (exact) mass is 365 g/mol. The fourth-order valence-corrected chi connectivity index (χ4v) is 3.07. The van der Waals surface area contributed by atoms with E-state index in [0.717, 1.165) is 5.56 Å². The second-order valence-corrected chi connectivity index (χ2v) is 6.20. The van der Waals surface area contributed by atoms with Gasteiger partial charge in [-0.15, -0.1) is 0 Å². The van der Waals surface area contributed by atoms with Gasteiger partial charge in [0, 0.05) is 31.3 Å². The lowest BCUT2D eigenvalue weighted by atomic mass is 10.0. The topological polar surface area (TPSA) is 92.5 Å². The quantitative estimate of drug-likeness (QED) is 0.512. The van der Waals surface area contributed by atoms with Gasteiger partial charge in [0.2, 0.25) is 11.8 Å². The smallest absolute Gasteiger partial charge is 0.270 e. The van der Waals surface area contributed by atoms with Gasteiger partial charge in [0.05, 0.1) is 17.4 Å². The maximum Gasteiger partial charge on any atom is 0.270 e. The number of nitro groups is 1. The van der Waals surface area contributed by atoms with Crippen molar-refractivity contribution in [3.63, 3.8) is 0 Å². The van der Waals surface area contributed by atoms with Crippen LogP contribution in [0.25, 0.3) is 6.08 Å². The Hall–Kier alpha value is -3.48. The summed E-state index contributed by atoms with van der Waals surface area (Å²) in [6, 6.07) is 15.1. The van der Waals surface area contributed by atoms with Gasteiger partial charge < -0.3 is 10.2 Å². The van der Waals surface area contributed by atoms with E-state index in [1.54, 1.807) is 23.1 Å². The third-order valence-corrected chi connectivity index (χ3v) is 4.40.